The molecule has 7 heteroatoms. The largest absolute Gasteiger partial charge is 2.00 e. The quantitative estimate of drug-likeness (QED) is 0.211. The summed E-state index contributed by atoms with van der Waals surface area (Å²) in [5.41, 5.74) is 0. The van der Waals surface area contributed by atoms with E-state index in [0.29, 0.717) is 0 Å². The van der Waals surface area contributed by atoms with Gasteiger partial charge in [-0.15, -0.1) is 0 Å². The summed E-state index contributed by atoms with van der Waals surface area (Å²) in [6.45, 7) is 0. The van der Waals surface area contributed by atoms with Crippen LogP contribution in [0.5, 0.6) is 0 Å². The summed E-state index contributed by atoms with van der Waals surface area (Å²) < 4.78 is 34.1. The van der Waals surface area contributed by atoms with Crippen LogP contribution in [0.2, 0.25) is 0 Å². The molecule has 0 atom stereocenters. The fourth-order valence-corrected chi connectivity index (χ4v) is 0. The summed E-state index contributed by atoms with van der Waals surface area (Å²) in [6, 6.07) is 0. The van der Waals surface area contributed by atoms with Crippen molar-refractivity contribution < 1.29 is 64.1 Å². The summed E-state index contributed by atoms with van der Waals surface area (Å²) in [6.07, 6.45) is 0. The third kappa shape index (κ3) is 111. The average Bonchev–Trinajstić information content (AvgIpc) is 0.722. The summed E-state index contributed by atoms with van der Waals surface area (Å²) in [4.78, 5) is 0. The van der Waals surface area contributed by atoms with Gasteiger partial charge in [0.1, 0.15) is 0 Å². The SMILES string of the molecule is O=S(=O)([O-])[O-].[Fe+2].[Na+]. The number of hydrogen-bond acceptors (Lipinski definition) is 4. The maximum absolute atomic E-state index is 8.52. The van der Waals surface area contributed by atoms with E-state index in [4.69, 9.17) is 17.5 Å². The van der Waals surface area contributed by atoms with Crippen LogP contribution in [-0.4, -0.2) is 17.5 Å². The van der Waals surface area contributed by atoms with Crippen molar-refractivity contribution in [3.05, 3.63) is 0 Å². The van der Waals surface area contributed by atoms with Crippen LogP contribution in [0.1, 0.15) is 0 Å². The zero-order valence-electron chi connectivity index (χ0n) is 3.39. The van der Waals surface area contributed by atoms with Gasteiger partial charge in [0, 0.05) is 10.4 Å². The summed E-state index contributed by atoms with van der Waals surface area (Å²) in [5, 5.41) is 0. The molecular weight excluding hydrogens is 175 g/mol. The van der Waals surface area contributed by atoms with Crippen LogP contribution >= 0.6 is 0 Å². The second-order valence-electron chi connectivity index (χ2n) is 0.408. The first kappa shape index (κ1) is 15.8. The summed E-state index contributed by atoms with van der Waals surface area (Å²) in [7, 11) is -5.17. The van der Waals surface area contributed by atoms with Gasteiger partial charge in [0.05, 0.1) is 0 Å². The topological polar surface area (TPSA) is 80.3 Å². The molecule has 7 heavy (non-hydrogen) atoms. The molecule has 0 N–H and O–H groups in total. The van der Waals surface area contributed by atoms with Gasteiger partial charge in [-0.2, -0.15) is 0 Å². The van der Waals surface area contributed by atoms with Gasteiger partial charge >= 0.3 is 46.6 Å². The molecular formula is FeNaO4S+. The molecule has 0 rings (SSSR count). The Morgan fingerprint density at radius 2 is 1.14 bits per heavy atom. The van der Waals surface area contributed by atoms with Gasteiger partial charge in [0.15, 0.2) is 0 Å². The van der Waals surface area contributed by atoms with Crippen LogP contribution in [-0.2, 0) is 27.5 Å². The molecule has 0 aliphatic rings. The molecule has 0 aliphatic carbocycles. The third-order valence-corrected chi connectivity index (χ3v) is 0. The van der Waals surface area contributed by atoms with Gasteiger partial charge in [-0.25, -0.2) is 0 Å². The van der Waals surface area contributed by atoms with Crippen molar-refractivity contribution in [3.8, 4) is 0 Å². The van der Waals surface area contributed by atoms with Gasteiger partial charge in [-0.1, -0.05) is 0 Å². The Kier molecular flexibility index (Phi) is 12.4. The molecule has 0 aliphatic heterocycles. The van der Waals surface area contributed by atoms with E-state index in [9.17, 15) is 0 Å². The fraction of sp³-hybridized carbons (Fsp3) is 0. The minimum absolute atomic E-state index is 0. The summed E-state index contributed by atoms with van der Waals surface area (Å²) >= 11 is 0. The maximum atomic E-state index is 8.52. The molecule has 0 bridgehead atoms. The van der Waals surface area contributed by atoms with E-state index in [1.54, 1.807) is 0 Å². The molecule has 0 spiro atoms. The van der Waals surface area contributed by atoms with Gasteiger partial charge in [0.25, 0.3) is 0 Å². The molecule has 0 fully saturated rings. The van der Waals surface area contributed by atoms with Crippen LogP contribution in [0, 0.1) is 0 Å². The Hall–Kier alpha value is 1.39. The van der Waals surface area contributed by atoms with Gasteiger partial charge in [0.2, 0.25) is 0 Å². The minimum Gasteiger partial charge on any atom is -0.759 e. The summed E-state index contributed by atoms with van der Waals surface area (Å²) in [5.74, 6) is 0. The monoisotopic (exact) mass is 175 g/mol. The van der Waals surface area contributed by atoms with Crippen molar-refractivity contribution >= 4 is 10.4 Å². The van der Waals surface area contributed by atoms with Gasteiger partial charge < -0.3 is 9.11 Å². The Bertz CT molecular complexity index is 94.9. The average molecular weight is 175 g/mol. The molecule has 0 amide bonds. The molecule has 4 nitrogen and oxygen atoms in total. The Morgan fingerprint density at radius 1 is 1.14 bits per heavy atom. The molecule has 0 aromatic carbocycles. The number of hydrogen-bond donors (Lipinski definition) is 0. The van der Waals surface area contributed by atoms with E-state index in [1.807, 2.05) is 0 Å². The van der Waals surface area contributed by atoms with Crippen LogP contribution in [0.25, 0.3) is 0 Å². The van der Waals surface area contributed by atoms with Crippen molar-refractivity contribution in [3.63, 3.8) is 0 Å². The van der Waals surface area contributed by atoms with Crippen LogP contribution in [0.4, 0.5) is 0 Å². The van der Waals surface area contributed by atoms with Crippen molar-refractivity contribution in [1.29, 1.82) is 0 Å². The van der Waals surface area contributed by atoms with E-state index in [1.165, 1.54) is 0 Å². The van der Waals surface area contributed by atoms with E-state index < -0.39 is 10.4 Å². The first-order valence-electron chi connectivity index (χ1n) is 0.667. The van der Waals surface area contributed by atoms with Gasteiger partial charge in [-0.3, -0.25) is 8.42 Å². The van der Waals surface area contributed by atoms with E-state index in [2.05, 4.69) is 0 Å². The molecule has 38 valence electrons. The van der Waals surface area contributed by atoms with Crippen molar-refractivity contribution in [2.75, 3.05) is 0 Å². The first-order valence-corrected chi connectivity index (χ1v) is 2.00. The zero-order valence-corrected chi connectivity index (χ0v) is 7.32. The smallest absolute Gasteiger partial charge is 0.759 e. The molecule has 0 saturated heterocycles. The Morgan fingerprint density at radius 3 is 1.14 bits per heavy atom. The second-order valence-corrected chi connectivity index (χ2v) is 1.22. The normalized spacial score (nSPS) is 8.29. The van der Waals surface area contributed by atoms with Crippen LogP contribution < -0.4 is 29.6 Å². The second kappa shape index (κ2) is 5.52. The Labute approximate surface area is 74.0 Å². The standard InChI is InChI=1S/Fe.Na.H2O4S/c;;1-5(2,3)4/h;;(H2,1,2,3,4)/q+2;+1;/p-2. The molecule has 0 unspecified atom stereocenters. The van der Waals surface area contributed by atoms with Crippen LogP contribution in [0.15, 0.2) is 0 Å². The van der Waals surface area contributed by atoms with Crippen molar-refractivity contribution in [2.24, 2.45) is 0 Å². The maximum Gasteiger partial charge on any atom is 2.00 e. The molecule has 0 saturated carbocycles. The molecule has 0 radical (unpaired) electrons. The van der Waals surface area contributed by atoms with E-state index in [-0.39, 0.29) is 46.6 Å². The molecule has 0 aromatic rings. The van der Waals surface area contributed by atoms with E-state index >= 15 is 0 Å². The fourth-order valence-electron chi connectivity index (χ4n) is 0. The molecule has 0 heterocycles. The first-order chi connectivity index (χ1) is 2.00. The van der Waals surface area contributed by atoms with Crippen molar-refractivity contribution in [1.82, 2.24) is 0 Å². The van der Waals surface area contributed by atoms with Gasteiger partial charge in [-0.05, 0) is 0 Å². The predicted octanol–water partition coefficient (Wildman–Crippen LogP) is -4.34. The van der Waals surface area contributed by atoms with E-state index in [0.717, 1.165) is 0 Å². The predicted molar refractivity (Wildman–Crippen MR) is 10.5 cm³/mol. The third-order valence-electron chi connectivity index (χ3n) is 0. The molecule has 0 aromatic heterocycles. The number of rotatable bonds is 0. The Balaban J connectivity index is -0.0000000800. The van der Waals surface area contributed by atoms with Crippen molar-refractivity contribution in [2.45, 2.75) is 0 Å². The zero-order chi connectivity index (χ0) is 4.50. The minimum atomic E-state index is -5.17. The van der Waals surface area contributed by atoms with Crippen LogP contribution in [0.3, 0.4) is 0 Å².